The molecule has 0 spiro atoms. The van der Waals surface area contributed by atoms with Gasteiger partial charge in [-0.3, -0.25) is 15.4 Å². The Morgan fingerprint density at radius 1 is 1.02 bits per heavy atom. The molecule has 63 heavy (non-hydrogen) atoms. The highest BCUT2D eigenvalue weighted by Gasteiger charge is 2.52. The number of para-hydroxylation sites is 1. The maximum absolute atomic E-state index is 13.8. The Morgan fingerprint density at radius 3 is 2.24 bits per heavy atom. The second-order valence-electron chi connectivity index (χ2n) is 15.0. The monoisotopic (exact) mass is 904 g/mol. The van der Waals surface area contributed by atoms with Crippen LogP contribution in [0.2, 0.25) is 0 Å². The molecule has 4 unspecified atom stereocenters. The van der Waals surface area contributed by atoms with E-state index in [2.05, 4.69) is 54.4 Å². The van der Waals surface area contributed by atoms with Crippen LogP contribution < -0.4 is 48.7 Å². The summed E-state index contributed by atoms with van der Waals surface area (Å²) in [7, 11) is 0. The number of hydrogen-bond donors (Lipinski definition) is 10. The number of thioether (sulfide) groups is 1. The highest BCUT2D eigenvalue weighted by atomic mass is 32.2. The van der Waals surface area contributed by atoms with E-state index in [1.807, 2.05) is 25.6 Å². The number of nitrogen functional groups attached to an aromatic ring is 1. The molecule has 13 N–H and O–H groups in total. The predicted octanol–water partition coefficient (Wildman–Crippen LogP) is 6.85. The van der Waals surface area contributed by atoms with Crippen molar-refractivity contribution >= 4 is 41.5 Å². The van der Waals surface area contributed by atoms with Gasteiger partial charge in [-0.2, -0.15) is 24.9 Å². The second-order valence-corrected chi connectivity index (χ2v) is 16.3. The van der Waals surface area contributed by atoms with Crippen LogP contribution in [0.15, 0.2) is 72.6 Å². The Hall–Kier alpha value is -5.33. The lowest BCUT2D eigenvalue weighted by atomic mass is 9.70. The number of hydrogen-bond acceptors (Lipinski definition) is 11. The largest absolute Gasteiger partial charge is 0.508 e. The number of rotatable bonds is 15. The number of hydrazine groups is 1. The second kappa shape index (κ2) is 27.0. The maximum atomic E-state index is 13.8. The predicted molar refractivity (Wildman–Crippen MR) is 246 cm³/mol. The van der Waals surface area contributed by atoms with E-state index >= 15 is 0 Å². The lowest BCUT2D eigenvalue weighted by Gasteiger charge is -2.30. The molecule has 6 rings (SSSR count). The number of alkyl halides is 3. The summed E-state index contributed by atoms with van der Waals surface area (Å²) < 4.78 is 47.0. The normalized spacial score (nSPS) is 19.4. The van der Waals surface area contributed by atoms with Gasteiger partial charge < -0.3 is 53.1 Å². The molecule has 14 nitrogen and oxygen atoms in total. The van der Waals surface area contributed by atoms with E-state index in [-0.39, 0.29) is 46.8 Å². The van der Waals surface area contributed by atoms with E-state index in [0.717, 1.165) is 37.6 Å². The molecule has 3 aliphatic heterocycles. The number of aliphatic hydroxyl groups is 1. The molecule has 3 aliphatic rings. The lowest BCUT2D eigenvalue weighted by Crippen LogP contribution is -2.37. The highest BCUT2D eigenvalue weighted by Crippen LogP contribution is 2.52. The van der Waals surface area contributed by atoms with Crippen molar-refractivity contribution in [3.63, 3.8) is 0 Å². The van der Waals surface area contributed by atoms with Gasteiger partial charge in [-0.25, -0.2) is 4.79 Å². The van der Waals surface area contributed by atoms with Gasteiger partial charge in [-0.15, -0.1) is 0 Å². The number of aromatic hydroxyl groups is 1. The zero-order valence-corrected chi connectivity index (χ0v) is 37.9. The molecule has 0 bridgehead atoms. The fraction of sp³-hybridized carbons (Fsp3) is 0.489. The van der Waals surface area contributed by atoms with Crippen LogP contribution in [0.3, 0.4) is 0 Å². The number of ether oxygens (including phenoxy) is 1. The first-order valence-electron chi connectivity index (χ1n) is 21.3. The molecule has 0 saturated carbocycles. The number of aliphatic hydroxyl groups excluding tert-OH is 1. The Labute approximate surface area is 373 Å². The standard InChI is InChI=1S/C24H22F3N5O3.C10H18N2OS.C5H11NO.C4H10O.C2H6/c25-24(26,27)18-3-1-2-17-21(18)32-22(34)23(17,13-4-7-16(33)8-5-13)14-6-9-19(29)20(10-14)35-12-15(28)11-31-30;1-2-3-4-5-8-9-7(6-14-8)11-10(13)12-9;1-5(2)3-6-4-7;1-2-3-4-5;1-2/h1-11,31,33H,12,28-30H2,(H,32,34);7-9H,2-6H2,1H3,(H2,11,12,13);4-5H,3H2,1-2H3,(H,6,7);5H,2-4H2,1H3;1-2H3/b15-11-;;;;. The number of benzene rings is 3. The zero-order valence-electron chi connectivity index (χ0n) is 37.1. The molecular weight excluding hydrogens is 838 g/mol. The number of phenolic OH excluding ortho intramolecular Hbond substituents is 1. The number of urea groups is 1. The average molecular weight is 905 g/mol. The third-order valence-corrected chi connectivity index (χ3v) is 11.4. The topological polar surface area (TPSA) is 239 Å². The van der Waals surface area contributed by atoms with Gasteiger partial charge in [0.25, 0.3) is 0 Å². The van der Waals surface area contributed by atoms with Crippen molar-refractivity contribution in [1.82, 2.24) is 21.4 Å². The van der Waals surface area contributed by atoms with Gasteiger partial charge in [0.1, 0.15) is 23.5 Å². The quantitative estimate of drug-likeness (QED) is 0.0189. The van der Waals surface area contributed by atoms with Gasteiger partial charge in [-0.1, -0.05) is 97.6 Å². The van der Waals surface area contributed by atoms with Crippen molar-refractivity contribution in [3.8, 4) is 11.5 Å². The van der Waals surface area contributed by atoms with Crippen LogP contribution in [0.5, 0.6) is 11.5 Å². The summed E-state index contributed by atoms with van der Waals surface area (Å²) >= 11 is 2.01. The van der Waals surface area contributed by atoms with Crippen molar-refractivity contribution in [3.05, 3.63) is 94.8 Å². The molecule has 350 valence electrons. The van der Waals surface area contributed by atoms with Gasteiger partial charge in [0.15, 0.2) is 0 Å². The van der Waals surface area contributed by atoms with Gasteiger partial charge in [0.05, 0.1) is 34.7 Å². The van der Waals surface area contributed by atoms with Crippen LogP contribution >= 0.6 is 11.8 Å². The van der Waals surface area contributed by atoms with Crippen molar-refractivity contribution in [2.45, 2.75) is 109 Å². The van der Waals surface area contributed by atoms with Crippen LogP contribution in [-0.4, -0.2) is 71.4 Å². The summed E-state index contributed by atoms with van der Waals surface area (Å²) in [6.45, 7) is 13.4. The number of nitrogens with two attached hydrogens (primary N) is 3. The number of fused-ring (bicyclic) bond motifs is 2. The number of halogens is 3. The van der Waals surface area contributed by atoms with Crippen LogP contribution in [0.25, 0.3) is 0 Å². The third kappa shape index (κ3) is 15.2. The summed E-state index contributed by atoms with van der Waals surface area (Å²) in [6.07, 6.45) is 4.52. The minimum atomic E-state index is -4.69. The van der Waals surface area contributed by atoms with Crippen LogP contribution in [-0.2, 0) is 21.2 Å². The zero-order chi connectivity index (χ0) is 47.2. The summed E-state index contributed by atoms with van der Waals surface area (Å²) in [6, 6.07) is 14.6. The molecule has 4 amide bonds. The van der Waals surface area contributed by atoms with E-state index in [4.69, 9.17) is 27.2 Å². The Bertz CT molecular complexity index is 1900. The molecule has 0 aliphatic carbocycles. The van der Waals surface area contributed by atoms with E-state index in [0.29, 0.717) is 41.0 Å². The Kier molecular flexibility index (Phi) is 23.0. The number of carbonyl (C=O) groups is 3. The van der Waals surface area contributed by atoms with Gasteiger partial charge in [-0.05, 0) is 60.2 Å². The van der Waals surface area contributed by atoms with E-state index < -0.39 is 23.1 Å². The first kappa shape index (κ1) is 53.8. The Morgan fingerprint density at radius 2 is 1.68 bits per heavy atom. The fourth-order valence-corrected chi connectivity index (χ4v) is 8.44. The average Bonchev–Trinajstić information content (AvgIpc) is 3.91. The number of nitrogens with one attached hydrogen (secondary N) is 5. The minimum Gasteiger partial charge on any atom is -0.508 e. The number of phenols is 1. The van der Waals surface area contributed by atoms with Crippen molar-refractivity contribution in [2.75, 3.05) is 36.6 Å². The maximum Gasteiger partial charge on any atom is 0.418 e. The number of unbranched alkanes of at least 4 members (excludes halogenated alkanes) is 3. The summed E-state index contributed by atoms with van der Waals surface area (Å²) in [4.78, 5) is 34.3. The number of amides is 4. The molecule has 3 aromatic carbocycles. The molecular formula is C45H67F3N8O6S. The minimum absolute atomic E-state index is 0.0285. The SMILES string of the molecule is CC.CC(C)CNC=O.CCCCCC1SCC2NC(=O)NC21.CCCCO.NN/C=C(\N)COc1cc(C2(c3ccc(O)cc3)C(=O)Nc3c(C(F)(F)F)cccc32)ccc1N. The third-order valence-electron chi connectivity index (χ3n) is 9.91. The van der Waals surface area contributed by atoms with Crippen LogP contribution in [0.1, 0.15) is 102 Å². The van der Waals surface area contributed by atoms with Crippen LogP contribution in [0, 0.1) is 5.92 Å². The van der Waals surface area contributed by atoms with Crippen molar-refractivity contribution in [1.29, 1.82) is 0 Å². The molecule has 18 heteroatoms. The molecule has 4 atom stereocenters. The van der Waals surface area contributed by atoms with Crippen molar-refractivity contribution in [2.24, 2.45) is 17.5 Å². The van der Waals surface area contributed by atoms with Gasteiger partial charge >= 0.3 is 12.2 Å². The number of carbonyl (C=O) groups excluding carboxylic acids is 3. The molecule has 2 fully saturated rings. The Balaban J connectivity index is 0.000000396. The highest BCUT2D eigenvalue weighted by molar-refractivity contribution is 8.00. The van der Waals surface area contributed by atoms with Crippen LogP contribution in [0.4, 0.5) is 29.3 Å². The van der Waals surface area contributed by atoms with E-state index in [1.165, 1.54) is 80.4 Å². The lowest BCUT2D eigenvalue weighted by molar-refractivity contribution is -0.137. The molecule has 0 radical (unpaired) electrons. The fourth-order valence-electron chi connectivity index (χ4n) is 6.90. The van der Waals surface area contributed by atoms with Gasteiger partial charge in [0, 0.05) is 35.9 Å². The summed E-state index contributed by atoms with van der Waals surface area (Å²) in [5.74, 6) is 6.25. The molecule has 3 heterocycles. The first-order chi connectivity index (χ1) is 30.1. The molecule has 0 aromatic heterocycles. The first-order valence-corrected chi connectivity index (χ1v) is 22.3. The van der Waals surface area contributed by atoms with E-state index in [1.54, 1.807) is 6.07 Å². The smallest absolute Gasteiger partial charge is 0.418 e. The summed E-state index contributed by atoms with van der Waals surface area (Å²) in [5.41, 5.74) is 12.3. The summed E-state index contributed by atoms with van der Waals surface area (Å²) in [5, 5.41) is 29.5. The number of anilines is 2. The molecule has 3 aromatic rings. The van der Waals surface area contributed by atoms with Gasteiger partial charge in [0.2, 0.25) is 12.3 Å². The van der Waals surface area contributed by atoms with Crippen molar-refractivity contribution < 1.29 is 42.5 Å². The van der Waals surface area contributed by atoms with E-state index in [9.17, 15) is 32.7 Å². The molecule has 2 saturated heterocycles.